The van der Waals surface area contributed by atoms with Crippen LogP contribution in [0, 0.1) is 13.8 Å². The number of nitrogens with zero attached hydrogens (tertiary/aromatic N) is 2. The van der Waals surface area contributed by atoms with Gasteiger partial charge in [0.05, 0.1) is 19.7 Å². The molecule has 152 valence electrons. The molecule has 0 unspecified atom stereocenters. The molecule has 1 fully saturated rings. The van der Waals surface area contributed by atoms with Crippen molar-refractivity contribution in [3.05, 3.63) is 41.6 Å². The smallest absolute Gasteiger partial charge is 0.223 e. The first-order valence-corrected chi connectivity index (χ1v) is 10.1. The van der Waals surface area contributed by atoms with Gasteiger partial charge in [0.1, 0.15) is 11.5 Å². The second kappa shape index (κ2) is 8.25. The van der Waals surface area contributed by atoms with Gasteiger partial charge in [-0.05, 0) is 74.2 Å². The Morgan fingerprint density at radius 2 is 1.69 bits per heavy atom. The van der Waals surface area contributed by atoms with Gasteiger partial charge in [-0.15, -0.1) is 0 Å². The van der Waals surface area contributed by atoms with Crippen LogP contribution < -0.4 is 20.1 Å². The van der Waals surface area contributed by atoms with Gasteiger partial charge < -0.3 is 20.1 Å². The highest BCUT2D eigenvalue weighted by molar-refractivity contribution is 5.87. The van der Waals surface area contributed by atoms with Crippen molar-refractivity contribution in [2.75, 3.05) is 32.6 Å². The van der Waals surface area contributed by atoms with Crippen LogP contribution in [0.25, 0.3) is 22.0 Å². The van der Waals surface area contributed by atoms with E-state index in [1.807, 2.05) is 12.3 Å². The molecule has 3 aromatic rings. The lowest BCUT2D eigenvalue weighted by molar-refractivity contribution is 0.391. The number of methoxy groups -OCH3 is 2. The van der Waals surface area contributed by atoms with Gasteiger partial charge in [-0.3, -0.25) is 0 Å². The molecular formula is C23H28N4O2. The lowest BCUT2D eigenvalue weighted by Crippen LogP contribution is -2.35. The lowest BCUT2D eigenvalue weighted by atomic mass is 9.93. The highest BCUT2D eigenvalue weighted by atomic mass is 16.5. The summed E-state index contributed by atoms with van der Waals surface area (Å²) in [6, 6.07) is 8.68. The molecule has 2 N–H and O–H groups in total. The third kappa shape index (κ3) is 3.85. The van der Waals surface area contributed by atoms with Crippen LogP contribution in [0.1, 0.15) is 24.0 Å². The van der Waals surface area contributed by atoms with Crippen molar-refractivity contribution >= 4 is 16.9 Å². The first-order valence-electron chi connectivity index (χ1n) is 10.1. The summed E-state index contributed by atoms with van der Waals surface area (Å²) >= 11 is 0. The summed E-state index contributed by atoms with van der Waals surface area (Å²) < 4.78 is 11.1. The van der Waals surface area contributed by atoms with Crippen LogP contribution >= 0.6 is 0 Å². The molecule has 6 heteroatoms. The van der Waals surface area contributed by atoms with Gasteiger partial charge in [0.2, 0.25) is 5.95 Å². The standard InChI is InChI=1S/C23H28N4O2/c1-14-20(28-3)12-21(29-4)15(2)22(14)16-5-6-19-17(11-16)13-25-23(27-19)26-18-7-9-24-10-8-18/h5-6,11-13,18,24H,7-10H2,1-4H3,(H,25,26,27). The number of fused-ring (bicyclic) bond motifs is 1. The van der Waals surface area contributed by atoms with Crippen molar-refractivity contribution < 1.29 is 9.47 Å². The van der Waals surface area contributed by atoms with Gasteiger partial charge in [-0.2, -0.15) is 0 Å². The van der Waals surface area contributed by atoms with Crippen LogP contribution in [0.5, 0.6) is 11.5 Å². The Morgan fingerprint density at radius 1 is 1.00 bits per heavy atom. The molecule has 29 heavy (non-hydrogen) atoms. The van der Waals surface area contributed by atoms with Crippen LogP contribution in [-0.4, -0.2) is 43.3 Å². The molecule has 0 radical (unpaired) electrons. The second-order valence-corrected chi connectivity index (χ2v) is 7.54. The molecule has 4 rings (SSSR count). The van der Waals surface area contributed by atoms with E-state index in [2.05, 4.69) is 47.7 Å². The molecule has 0 aliphatic carbocycles. The average Bonchev–Trinajstić information content (AvgIpc) is 2.75. The summed E-state index contributed by atoms with van der Waals surface area (Å²) in [5.41, 5.74) is 5.35. The van der Waals surface area contributed by atoms with E-state index >= 15 is 0 Å². The van der Waals surface area contributed by atoms with E-state index in [1.165, 1.54) is 0 Å². The van der Waals surface area contributed by atoms with Crippen LogP contribution in [0.3, 0.4) is 0 Å². The average molecular weight is 393 g/mol. The van der Waals surface area contributed by atoms with Gasteiger partial charge in [0, 0.05) is 23.7 Å². The van der Waals surface area contributed by atoms with Crippen LogP contribution in [0.15, 0.2) is 30.5 Å². The van der Waals surface area contributed by atoms with Gasteiger partial charge in [0.15, 0.2) is 0 Å². The van der Waals surface area contributed by atoms with Crippen molar-refractivity contribution in [1.29, 1.82) is 0 Å². The summed E-state index contributed by atoms with van der Waals surface area (Å²) in [6.07, 6.45) is 4.09. The summed E-state index contributed by atoms with van der Waals surface area (Å²) in [4.78, 5) is 9.28. The third-order valence-corrected chi connectivity index (χ3v) is 5.73. The maximum absolute atomic E-state index is 5.56. The fraction of sp³-hybridized carbons (Fsp3) is 0.391. The zero-order valence-electron chi connectivity index (χ0n) is 17.5. The molecule has 1 aliphatic heterocycles. The van der Waals surface area contributed by atoms with Gasteiger partial charge >= 0.3 is 0 Å². The number of nitrogens with one attached hydrogen (secondary N) is 2. The maximum Gasteiger partial charge on any atom is 0.223 e. The normalized spacial score (nSPS) is 14.8. The quantitative estimate of drug-likeness (QED) is 0.682. The van der Waals surface area contributed by atoms with E-state index in [0.717, 1.165) is 70.6 Å². The molecule has 0 amide bonds. The predicted molar refractivity (Wildman–Crippen MR) is 117 cm³/mol. The molecule has 0 atom stereocenters. The topological polar surface area (TPSA) is 68.3 Å². The fourth-order valence-corrected chi connectivity index (χ4v) is 4.13. The Kier molecular flexibility index (Phi) is 5.53. The van der Waals surface area contributed by atoms with E-state index in [1.54, 1.807) is 14.2 Å². The molecule has 1 aromatic heterocycles. The Hall–Kier alpha value is -2.86. The fourth-order valence-electron chi connectivity index (χ4n) is 4.13. The Labute approximate surface area is 171 Å². The molecule has 0 saturated carbocycles. The summed E-state index contributed by atoms with van der Waals surface area (Å²) in [5.74, 6) is 2.34. The lowest BCUT2D eigenvalue weighted by Gasteiger charge is -2.23. The van der Waals surface area contributed by atoms with Crippen LogP contribution in [0.4, 0.5) is 5.95 Å². The minimum atomic E-state index is 0.433. The minimum absolute atomic E-state index is 0.433. The molecule has 6 nitrogen and oxygen atoms in total. The molecule has 1 aliphatic rings. The van der Waals surface area contributed by atoms with E-state index in [4.69, 9.17) is 14.5 Å². The highest BCUT2D eigenvalue weighted by Crippen LogP contribution is 2.39. The number of hydrogen-bond acceptors (Lipinski definition) is 6. The Morgan fingerprint density at radius 3 is 2.34 bits per heavy atom. The van der Waals surface area contributed by atoms with Crippen molar-refractivity contribution in [2.45, 2.75) is 32.7 Å². The van der Waals surface area contributed by atoms with Gasteiger partial charge in [-0.25, -0.2) is 9.97 Å². The zero-order valence-corrected chi connectivity index (χ0v) is 17.5. The minimum Gasteiger partial charge on any atom is -0.496 e. The Bertz CT molecular complexity index is 1000. The second-order valence-electron chi connectivity index (χ2n) is 7.54. The number of hydrogen-bond donors (Lipinski definition) is 2. The van der Waals surface area contributed by atoms with E-state index in [0.29, 0.717) is 12.0 Å². The number of aromatic nitrogens is 2. The van der Waals surface area contributed by atoms with Gasteiger partial charge in [0.25, 0.3) is 0 Å². The van der Waals surface area contributed by atoms with Crippen LogP contribution in [-0.2, 0) is 0 Å². The number of piperidine rings is 1. The number of rotatable bonds is 5. The maximum atomic E-state index is 5.56. The molecule has 2 aromatic carbocycles. The molecule has 2 heterocycles. The SMILES string of the molecule is COc1cc(OC)c(C)c(-c2ccc3nc(NC4CCNCC4)ncc3c2)c1C. The molecular weight excluding hydrogens is 364 g/mol. The summed E-state index contributed by atoms with van der Waals surface area (Å²) in [7, 11) is 3.37. The first kappa shape index (κ1) is 19.5. The summed E-state index contributed by atoms with van der Waals surface area (Å²) in [6.45, 7) is 6.23. The van der Waals surface area contributed by atoms with E-state index in [-0.39, 0.29) is 0 Å². The van der Waals surface area contributed by atoms with Crippen LogP contribution in [0.2, 0.25) is 0 Å². The van der Waals surface area contributed by atoms with Gasteiger partial charge in [-0.1, -0.05) is 6.07 Å². The van der Waals surface area contributed by atoms with Crippen molar-refractivity contribution in [1.82, 2.24) is 15.3 Å². The first-order chi connectivity index (χ1) is 14.1. The van der Waals surface area contributed by atoms with Crippen molar-refractivity contribution in [3.8, 4) is 22.6 Å². The summed E-state index contributed by atoms with van der Waals surface area (Å²) in [5, 5.41) is 7.86. The Balaban J connectivity index is 1.70. The molecule has 1 saturated heterocycles. The third-order valence-electron chi connectivity index (χ3n) is 5.73. The monoisotopic (exact) mass is 392 g/mol. The number of anilines is 1. The zero-order chi connectivity index (χ0) is 20.4. The largest absolute Gasteiger partial charge is 0.496 e. The highest BCUT2D eigenvalue weighted by Gasteiger charge is 2.17. The number of ether oxygens (including phenoxy) is 2. The van der Waals surface area contributed by atoms with E-state index in [9.17, 15) is 0 Å². The van der Waals surface area contributed by atoms with E-state index < -0.39 is 0 Å². The molecule has 0 bridgehead atoms. The predicted octanol–water partition coefficient (Wildman–Crippen LogP) is 4.09. The van der Waals surface area contributed by atoms with Crippen molar-refractivity contribution in [2.24, 2.45) is 0 Å². The van der Waals surface area contributed by atoms with Crippen molar-refractivity contribution in [3.63, 3.8) is 0 Å². The molecule has 0 spiro atoms. The number of benzene rings is 2.